The van der Waals surface area contributed by atoms with Gasteiger partial charge in [-0.2, -0.15) is 0 Å². The number of nitrogens with zero attached hydrogens (tertiary/aromatic N) is 4. The van der Waals surface area contributed by atoms with E-state index in [-0.39, 0.29) is 158 Å². The molecular formula is C49H88N4O24. The van der Waals surface area contributed by atoms with Crippen LogP contribution in [0.3, 0.4) is 0 Å². The highest BCUT2D eigenvalue weighted by Crippen LogP contribution is 2.22. The standard InChI is InChI=1S/C49H88N4O24/c1-9-70-41(58)21-50(22-42(59)71-10-2)17-37(54)29-66-33-49(34-67-30-38(55)18-51(23-43(60)72-11-3)24-44(61)73-12-4,35-68-31-39(56)19-52(25-45(62)74-13-5)26-46(63)75-14-6)36-69-32-40(57)20-53(27-47(64)76-15-7)28-48(65)77-16-8/h37-40,54-57H,9-36H2,1-8H3. The molecule has 0 aliphatic heterocycles. The second-order valence-corrected chi connectivity index (χ2v) is 17.3. The smallest absolute Gasteiger partial charge is 0.320 e. The van der Waals surface area contributed by atoms with Crippen LogP contribution in [0.2, 0.25) is 0 Å². The number of esters is 8. The summed E-state index contributed by atoms with van der Waals surface area (Å²) in [6.07, 6.45) is -5.37. The van der Waals surface area contributed by atoms with Gasteiger partial charge in [0.05, 0.1) is 188 Å². The lowest BCUT2D eigenvalue weighted by Gasteiger charge is -2.35. The van der Waals surface area contributed by atoms with Crippen molar-refractivity contribution < 1.29 is 116 Å². The molecule has 28 nitrogen and oxygen atoms in total. The summed E-state index contributed by atoms with van der Waals surface area (Å²) in [6.45, 7) is 6.07. The van der Waals surface area contributed by atoms with E-state index in [1.807, 2.05) is 0 Å². The zero-order chi connectivity index (χ0) is 58.0. The van der Waals surface area contributed by atoms with Crippen molar-refractivity contribution in [3.63, 3.8) is 0 Å². The molecule has 0 saturated carbocycles. The maximum atomic E-state index is 12.4. The van der Waals surface area contributed by atoms with Crippen molar-refractivity contribution >= 4 is 47.8 Å². The molecule has 0 rings (SSSR count). The van der Waals surface area contributed by atoms with Crippen molar-refractivity contribution in [3.8, 4) is 0 Å². The highest BCUT2D eigenvalue weighted by molar-refractivity contribution is 5.77. The third kappa shape index (κ3) is 37.7. The lowest BCUT2D eigenvalue weighted by Crippen LogP contribution is -2.47. The van der Waals surface area contributed by atoms with Crippen molar-refractivity contribution in [2.45, 2.75) is 79.8 Å². The zero-order valence-corrected chi connectivity index (χ0v) is 46.4. The SMILES string of the molecule is CCOC(=O)CN(CC(=O)OCC)CC(O)COCC(COCC(O)CN(CC(=O)OCC)CC(=O)OCC)(COCC(O)CN(CC(=O)OCC)CC(=O)OCC)COCC(O)CN(CC(=O)OCC)CC(=O)OCC. The number of hydrogen-bond acceptors (Lipinski definition) is 28. The maximum absolute atomic E-state index is 12.4. The first-order chi connectivity index (χ1) is 36.7. The highest BCUT2D eigenvalue weighted by atomic mass is 16.6. The molecule has 4 N–H and O–H groups in total. The van der Waals surface area contributed by atoms with E-state index in [2.05, 4.69) is 0 Å². The molecule has 0 aromatic heterocycles. The quantitative estimate of drug-likeness (QED) is 0.0353. The molecule has 0 amide bonds. The number of ether oxygens (including phenoxy) is 12. The van der Waals surface area contributed by atoms with Crippen LogP contribution < -0.4 is 0 Å². The van der Waals surface area contributed by atoms with Crippen LogP contribution in [-0.4, -0.2) is 296 Å². The maximum Gasteiger partial charge on any atom is 0.320 e. The average molecular weight is 1120 g/mol. The Morgan fingerprint density at radius 1 is 0.299 bits per heavy atom. The van der Waals surface area contributed by atoms with Crippen LogP contribution >= 0.6 is 0 Å². The van der Waals surface area contributed by atoms with Crippen LogP contribution in [0, 0.1) is 5.41 Å². The van der Waals surface area contributed by atoms with Crippen molar-refractivity contribution in [1.82, 2.24) is 19.6 Å². The van der Waals surface area contributed by atoms with E-state index in [1.165, 1.54) is 19.6 Å². The molecule has 0 aromatic carbocycles. The second kappa shape index (κ2) is 44.2. The molecule has 0 saturated heterocycles. The Morgan fingerprint density at radius 3 is 0.571 bits per heavy atom. The number of carbonyl (C=O) groups is 8. The number of aliphatic hydroxyl groups is 4. The molecule has 77 heavy (non-hydrogen) atoms. The van der Waals surface area contributed by atoms with E-state index < -0.39 is 104 Å². The van der Waals surface area contributed by atoms with Gasteiger partial charge in [0, 0.05) is 26.2 Å². The largest absolute Gasteiger partial charge is 0.465 e. The molecular weight excluding hydrogens is 1030 g/mol. The summed E-state index contributed by atoms with van der Waals surface area (Å²) < 4.78 is 64.5. The van der Waals surface area contributed by atoms with Crippen LogP contribution in [-0.2, 0) is 95.2 Å². The fourth-order valence-corrected chi connectivity index (χ4v) is 7.15. The van der Waals surface area contributed by atoms with Gasteiger partial charge in [-0.3, -0.25) is 58.0 Å². The molecule has 0 heterocycles. The highest BCUT2D eigenvalue weighted by Gasteiger charge is 2.35. The third-order valence-electron chi connectivity index (χ3n) is 10.0. The average Bonchev–Trinajstić information content (AvgIpc) is 3.31. The Labute approximate surface area is 451 Å². The minimum absolute atomic E-state index is 0.0649. The van der Waals surface area contributed by atoms with Crippen molar-refractivity contribution in [2.24, 2.45) is 5.41 Å². The number of aliphatic hydroxyl groups excluding tert-OH is 4. The van der Waals surface area contributed by atoms with Crippen LogP contribution in [0.4, 0.5) is 0 Å². The van der Waals surface area contributed by atoms with Gasteiger partial charge in [0.15, 0.2) is 0 Å². The Bertz CT molecular complexity index is 1360. The molecule has 4 unspecified atom stereocenters. The van der Waals surface area contributed by atoms with Crippen LogP contribution in [0.1, 0.15) is 55.4 Å². The molecule has 0 radical (unpaired) electrons. The predicted molar refractivity (Wildman–Crippen MR) is 269 cm³/mol. The van der Waals surface area contributed by atoms with Gasteiger partial charge in [-0.25, -0.2) is 0 Å². The van der Waals surface area contributed by atoms with Crippen LogP contribution in [0.5, 0.6) is 0 Å². The van der Waals surface area contributed by atoms with Gasteiger partial charge in [-0.15, -0.1) is 0 Å². The molecule has 4 atom stereocenters. The Morgan fingerprint density at radius 2 is 0.442 bits per heavy atom. The van der Waals surface area contributed by atoms with Crippen molar-refractivity contribution in [1.29, 1.82) is 0 Å². The number of carbonyl (C=O) groups excluding carboxylic acids is 8. The first kappa shape index (κ1) is 72.3. The first-order valence-electron chi connectivity index (χ1n) is 25.9. The van der Waals surface area contributed by atoms with E-state index in [9.17, 15) is 58.8 Å². The summed E-state index contributed by atoms with van der Waals surface area (Å²) >= 11 is 0. The summed E-state index contributed by atoms with van der Waals surface area (Å²) in [5, 5.41) is 44.8. The topological polar surface area (TPSA) is 341 Å². The first-order valence-corrected chi connectivity index (χ1v) is 25.9. The van der Waals surface area contributed by atoms with Gasteiger partial charge in [0.1, 0.15) is 0 Å². The molecule has 0 bridgehead atoms. The van der Waals surface area contributed by atoms with Gasteiger partial charge in [-0.1, -0.05) is 0 Å². The van der Waals surface area contributed by atoms with Gasteiger partial charge in [0.25, 0.3) is 0 Å². The van der Waals surface area contributed by atoms with E-state index in [1.54, 1.807) is 55.4 Å². The van der Waals surface area contributed by atoms with E-state index in [0.29, 0.717) is 0 Å². The number of rotatable bonds is 48. The van der Waals surface area contributed by atoms with E-state index in [4.69, 9.17) is 56.8 Å². The summed E-state index contributed by atoms with van der Waals surface area (Å²) in [7, 11) is 0. The third-order valence-corrected chi connectivity index (χ3v) is 10.0. The monoisotopic (exact) mass is 1120 g/mol. The Kier molecular flexibility index (Phi) is 41.5. The van der Waals surface area contributed by atoms with Crippen molar-refractivity contribution in [2.75, 3.05) is 184 Å². The van der Waals surface area contributed by atoms with E-state index in [0.717, 1.165) is 0 Å². The predicted octanol–water partition coefficient (Wildman–Crippen LogP) is -2.80. The Balaban J connectivity index is 7.03. The summed E-state index contributed by atoms with van der Waals surface area (Å²) in [6, 6.07) is 0. The van der Waals surface area contributed by atoms with Crippen LogP contribution in [0.25, 0.3) is 0 Å². The minimum atomic E-state index is -1.46. The zero-order valence-electron chi connectivity index (χ0n) is 46.4. The second-order valence-electron chi connectivity index (χ2n) is 17.3. The summed E-state index contributed by atoms with van der Waals surface area (Å²) in [5.74, 6) is -5.32. The fourth-order valence-electron chi connectivity index (χ4n) is 7.15. The molecule has 0 spiro atoms. The van der Waals surface area contributed by atoms with Crippen molar-refractivity contribution in [3.05, 3.63) is 0 Å². The summed E-state index contributed by atoms with van der Waals surface area (Å²) in [5.41, 5.74) is -1.46. The normalized spacial score (nSPS) is 13.8. The Hall–Kier alpha value is -4.72. The molecule has 0 aliphatic rings. The number of hydrogen-bond donors (Lipinski definition) is 4. The lowest BCUT2D eigenvalue weighted by molar-refractivity contribution is -0.150. The van der Waals surface area contributed by atoms with Crippen LogP contribution in [0.15, 0.2) is 0 Å². The molecule has 28 heteroatoms. The minimum Gasteiger partial charge on any atom is -0.465 e. The van der Waals surface area contributed by atoms with Gasteiger partial charge in [0.2, 0.25) is 0 Å². The lowest BCUT2D eigenvalue weighted by atomic mass is 9.92. The van der Waals surface area contributed by atoms with E-state index >= 15 is 0 Å². The molecule has 0 fully saturated rings. The summed E-state index contributed by atoms with van der Waals surface area (Å²) in [4.78, 5) is 105. The van der Waals surface area contributed by atoms with Gasteiger partial charge in [-0.05, 0) is 55.4 Å². The fraction of sp³-hybridized carbons (Fsp3) is 0.837. The van der Waals surface area contributed by atoms with Gasteiger partial charge < -0.3 is 77.3 Å². The molecule has 448 valence electrons. The molecule has 0 aromatic rings. The molecule has 0 aliphatic carbocycles. The van der Waals surface area contributed by atoms with Gasteiger partial charge >= 0.3 is 47.8 Å².